The Morgan fingerprint density at radius 1 is 1.36 bits per heavy atom. The van der Waals surface area contributed by atoms with Gasteiger partial charge >= 0.3 is 0 Å². The first kappa shape index (κ1) is 17.6. The molecule has 122 valence electrons. The zero-order valence-electron chi connectivity index (χ0n) is 13.7. The molecule has 1 aromatic carbocycles. The number of hydrogen-bond donors (Lipinski definition) is 0. The van der Waals surface area contributed by atoms with Gasteiger partial charge in [-0.15, -0.1) is 0 Å². The van der Waals surface area contributed by atoms with Crippen molar-refractivity contribution in [2.45, 2.75) is 51.4 Å². The summed E-state index contributed by atoms with van der Waals surface area (Å²) >= 11 is 3.23. The van der Waals surface area contributed by atoms with Crippen molar-refractivity contribution in [3.05, 3.63) is 28.5 Å². The van der Waals surface area contributed by atoms with Gasteiger partial charge in [0, 0.05) is 11.0 Å². The van der Waals surface area contributed by atoms with Crippen LogP contribution in [0.3, 0.4) is 0 Å². The van der Waals surface area contributed by atoms with Crippen LogP contribution in [-0.2, 0) is 9.22 Å². The first-order valence-corrected chi connectivity index (χ1v) is 11.2. The summed E-state index contributed by atoms with van der Waals surface area (Å²) in [5.41, 5.74) is 0.328. The van der Waals surface area contributed by atoms with Crippen LogP contribution in [0.4, 0.5) is 10.1 Å². The third kappa shape index (κ3) is 3.44. The normalized spacial score (nSPS) is 19.9. The van der Waals surface area contributed by atoms with E-state index in [2.05, 4.69) is 49.8 Å². The monoisotopic (exact) mass is 387 g/mol. The van der Waals surface area contributed by atoms with Gasteiger partial charge in [0.1, 0.15) is 11.9 Å². The van der Waals surface area contributed by atoms with Crippen LogP contribution in [0.25, 0.3) is 0 Å². The smallest absolute Gasteiger partial charge is 0.255 e. The summed E-state index contributed by atoms with van der Waals surface area (Å²) in [7, 11) is -2.01. The molecule has 1 aromatic rings. The van der Waals surface area contributed by atoms with Crippen molar-refractivity contribution in [2.24, 2.45) is 0 Å². The highest BCUT2D eigenvalue weighted by Crippen LogP contribution is 2.39. The van der Waals surface area contributed by atoms with Crippen LogP contribution >= 0.6 is 15.9 Å². The van der Waals surface area contributed by atoms with E-state index < -0.39 is 20.2 Å². The fourth-order valence-electron chi connectivity index (χ4n) is 2.23. The predicted octanol–water partition coefficient (Wildman–Crippen LogP) is 4.72. The van der Waals surface area contributed by atoms with E-state index in [1.807, 2.05) is 0 Å². The molecule has 1 aliphatic rings. The van der Waals surface area contributed by atoms with Crippen molar-refractivity contribution in [1.29, 1.82) is 0 Å². The topological polar surface area (TPSA) is 29.5 Å². The van der Waals surface area contributed by atoms with Gasteiger partial charge in [0.2, 0.25) is 0 Å². The summed E-state index contributed by atoms with van der Waals surface area (Å²) in [6.07, 6.45) is 0.157. The number of rotatable bonds is 3. The predicted molar refractivity (Wildman–Crippen MR) is 93.1 cm³/mol. The molecule has 1 saturated heterocycles. The Morgan fingerprint density at radius 2 is 2.00 bits per heavy atom. The van der Waals surface area contributed by atoms with E-state index in [4.69, 9.17) is 4.43 Å². The van der Waals surface area contributed by atoms with Gasteiger partial charge in [-0.1, -0.05) is 36.7 Å². The van der Waals surface area contributed by atoms with Crippen molar-refractivity contribution >= 4 is 35.8 Å². The summed E-state index contributed by atoms with van der Waals surface area (Å²) in [4.78, 5) is 14.1. The quantitative estimate of drug-likeness (QED) is 0.702. The van der Waals surface area contributed by atoms with Gasteiger partial charge < -0.3 is 9.33 Å². The molecule has 1 aliphatic heterocycles. The maximum atomic E-state index is 14.1. The first-order chi connectivity index (χ1) is 10.0. The molecular formula is C16H23BrFNO2Si. The minimum absolute atomic E-state index is 0.0452. The lowest BCUT2D eigenvalue weighted by molar-refractivity contribution is -0.123. The van der Waals surface area contributed by atoms with Crippen molar-refractivity contribution in [3.63, 3.8) is 0 Å². The summed E-state index contributed by atoms with van der Waals surface area (Å²) in [5.74, 6) is -0.526. The second kappa shape index (κ2) is 6.05. The van der Waals surface area contributed by atoms with E-state index in [9.17, 15) is 9.18 Å². The molecule has 1 fully saturated rings. The van der Waals surface area contributed by atoms with Crippen molar-refractivity contribution in [1.82, 2.24) is 0 Å². The van der Waals surface area contributed by atoms with E-state index in [-0.39, 0.29) is 10.9 Å². The summed E-state index contributed by atoms with van der Waals surface area (Å²) in [6.45, 7) is 11.2. The highest BCUT2D eigenvalue weighted by molar-refractivity contribution is 9.10. The van der Waals surface area contributed by atoms with Gasteiger partial charge in [-0.3, -0.25) is 4.79 Å². The number of nitrogens with zero attached hydrogens (tertiary/aromatic N) is 1. The van der Waals surface area contributed by atoms with E-state index in [1.54, 1.807) is 12.1 Å². The highest BCUT2D eigenvalue weighted by atomic mass is 79.9. The maximum absolute atomic E-state index is 14.1. The summed E-state index contributed by atoms with van der Waals surface area (Å²) < 4.78 is 20.9. The molecule has 22 heavy (non-hydrogen) atoms. The average molecular weight is 388 g/mol. The van der Waals surface area contributed by atoms with E-state index in [1.165, 1.54) is 11.0 Å². The molecule has 0 aliphatic carbocycles. The summed E-state index contributed by atoms with van der Waals surface area (Å²) in [5, 5.41) is 0.0452. The lowest BCUT2D eigenvalue weighted by Crippen LogP contribution is -2.46. The van der Waals surface area contributed by atoms with Crippen LogP contribution in [-0.4, -0.2) is 26.9 Å². The Kier molecular flexibility index (Phi) is 4.85. The Balaban J connectivity index is 2.17. The molecule has 0 spiro atoms. The molecule has 0 radical (unpaired) electrons. The van der Waals surface area contributed by atoms with E-state index in [0.717, 1.165) is 0 Å². The van der Waals surface area contributed by atoms with Crippen molar-refractivity contribution in [3.8, 4) is 0 Å². The van der Waals surface area contributed by atoms with Gasteiger partial charge in [0.05, 0.1) is 5.69 Å². The van der Waals surface area contributed by atoms with Crippen LogP contribution in [0.15, 0.2) is 22.7 Å². The maximum Gasteiger partial charge on any atom is 0.255 e. The van der Waals surface area contributed by atoms with E-state index >= 15 is 0 Å². The van der Waals surface area contributed by atoms with Gasteiger partial charge in [0.15, 0.2) is 8.32 Å². The molecule has 6 heteroatoms. The third-order valence-electron chi connectivity index (χ3n) is 4.60. The number of carbonyl (C=O) groups is 1. The van der Waals surface area contributed by atoms with Gasteiger partial charge in [-0.25, -0.2) is 4.39 Å². The zero-order chi connectivity index (χ0) is 16.7. The lowest BCUT2D eigenvalue weighted by atomic mass is 10.2. The minimum Gasteiger partial charge on any atom is -0.405 e. The molecule has 0 saturated carbocycles. The second-order valence-corrected chi connectivity index (χ2v) is 12.9. The Bertz CT molecular complexity index is 586. The largest absolute Gasteiger partial charge is 0.405 e. The molecule has 0 unspecified atom stereocenters. The van der Waals surface area contributed by atoms with Gasteiger partial charge in [-0.2, -0.15) is 0 Å². The molecular weight excluding hydrogens is 365 g/mol. The van der Waals surface area contributed by atoms with Crippen LogP contribution in [0, 0.1) is 5.82 Å². The fraction of sp³-hybridized carbons (Fsp3) is 0.562. The molecule has 0 N–H and O–H groups in total. The zero-order valence-corrected chi connectivity index (χ0v) is 16.3. The van der Waals surface area contributed by atoms with Crippen LogP contribution in [0.5, 0.6) is 0 Å². The Labute approximate surface area is 141 Å². The number of halogens is 2. The Morgan fingerprint density at radius 3 is 2.55 bits per heavy atom. The number of amides is 1. The number of hydrogen-bond acceptors (Lipinski definition) is 2. The van der Waals surface area contributed by atoms with Crippen LogP contribution in [0.2, 0.25) is 18.1 Å². The molecule has 1 heterocycles. The third-order valence-corrected chi connectivity index (χ3v) is 9.58. The van der Waals surface area contributed by atoms with Gasteiger partial charge in [-0.05, 0) is 42.8 Å². The minimum atomic E-state index is -2.01. The number of benzene rings is 1. The lowest BCUT2D eigenvalue weighted by Gasteiger charge is -2.37. The second-order valence-electron chi connectivity index (χ2n) is 7.24. The standard InChI is InChI=1S/C16H23BrFNO2Si/c1-16(2,3)22(4,5)21-14-8-9-19(15(14)20)13-7-6-11(17)10-12(13)18/h6-7,10,14H,8-9H2,1-5H3/t14-/m1/s1. The SMILES string of the molecule is CC(C)(C)[Si](C)(C)O[C@@H]1CCN(c2ccc(Br)cc2F)C1=O. The molecule has 3 nitrogen and oxygen atoms in total. The molecule has 2 rings (SSSR count). The molecule has 1 amide bonds. The first-order valence-electron chi connectivity index (χ1n) is 7.47. The molecule has 1 atom stereocenters. The highest BCUT2D eigenvalue weighted by Gasteiger charge is 2.44. The summed E-state index contributed by atoms with van der Waals surface area (Å²) in [6, 6.07) is 4.75. The molecule has 0 bridgehead atoms. The Hall–Kier alpha value is -0.723. The van der Waals surface area contributed by atoms with Gasteiger partial charge in [0.25, 0.3) is 5.91 Å². The van der Waals surface area contributed by atoms with E-state index in [0.29, 0.717) is 23.1 Å². The number of anilines is 1. The van der Waals surface area contributed by atoms with Crippen LogP contribution < -0.4 is 4.90 Å². The average Bonchev–Trinajstić information content (AvgIpc) is 2.69. The van der Waals surface area contributed by atoms with Crippen LogP contribution in [0.1, 0.15) is 27.2 Å². The van der Waals surface area contributed by atoms with Crippen molar-refractivity contribution in [2.75, 3.05) is 11.4 Å². The number of carbonyl (C=O) groups excluding carboxylic acids is 1. The fourth-order valence-corrected chi connectivity index (χ4v) is 3.85. The molecule has 0 aromatic heterocycles. The van der Waals surface area contributed by atoms with Crippen molar-refractivity contribution < 1.29 is 13.6 Å².